The summed E-state index contributed by atoms with van der Waals surface area (Å²) in [6.45, 7) is 2.60. The van der Waals surface area contributed by atoms with Gasteiger partial charge in [-0.05, 0) is 44.0 Å². The van der Waals surface area contributed by atoms with E-state index >= 15 is 0 Å². The minimum Gasteiger partial charge on any atom is -0.347 e. The van der Waals surface area contributed by atoms with Crippen molar-refractivity contribution in [2.45, 2.75) is 31.2 Å². The number of carbonyl (C=O) groups excluding carboxylic acids is 1. The lowest BCUT2D eigenvalue weighted by atomic mass is 9.97. The van der Waals surface area contributed by atoms with Crippen LogP contribution < -0.4 is 5.32 Å². The van der Waals surface area contributed by atoms with Gasteiger partial charge in [-0.15, -0.1) is 0 Å². The third-order valence-corrected chi connectivity index (χ3v) is 7.72. The van der Waals surface area contributed by atoms with E-state index in [1.807, 2.05) is 19.1 Å². The molecule has 8 nitrogen and oxygen atoms in total. The van der Waals surface area contributed by atoms with Gasteiger partial charge in [0.1, 0.15) is 0 Å². The Morgan fingerprint density at radius 3 is 2.53 bits per heavy atom. The van der Waals surface area contributed by atoms with E-state index < -0.39 is 10.0 Å². The summed E-state index contributed by atoms with van der Waals surface area (Å²) in [5.41, 5.74) is 1.65. The van der Waals surface area contributed by atoms with Gasteiger partial charge >= 0.3 is 0 Å². The van der Waals surface area contributed by atoms with Gasteiger partial charge in [0, 0.05) is 24.6 Å². The lowest BCUT2D eigenvalue weighted by Crippen LogP contribution is -2.42. The molecule has 0 unspecified atom stereocenters. The summed E-state index contributed by atoms with van der Waals surface area (Å²) in [6.07, 6.45) is 0.900. The molecule has 0 atom stereocenters. The maximum absolute atomic E-state index is 12.8. The van der Waals surface area contributed by atoms with Crippen molar-refractivity contribution in [3.63, 3.8) is 0 Å². The standard InChI is InChI=1S/C22H23ClN4O4S/c1-15-6-8-17(9-7-15)32(29,30)27-12-10-16(11-13-27)22(28)24-14-20-25-21(26-31-20)18-4-2-3-5-19(18)23/h2-9,16H,10-14H2,1H3,(H,24,28). The van der Waals surface area contributed by atoms with Crippen LogP contribution >= 0.6 is 11.6 Å². The first-order valence-corrected chi connectivity index (χ1v) is 12.1. The quantitative estimate of drug-likeness (QED) is 0.586. The van der Waals surface area contributed by atoms with Crippen LogP contribution in [0.25, 0.3) is 11.4 Å². The van der Waals surface area contributed by atoms with Crippen molar-refractivity contribution in [1.29, 1.82) is 0 Å². The highest BCUT2D eigenvalue weighted by Crippen LogP contribution is 2.26. The van der Waals surface area contributed by atoms with E-state index in [-0.39, 0.29) is 29.2 Å². The number of carbonyl (C=O) groups is 1. The fourth-order valence-corrected chi connectivity index (χ4v) is 5.29. The van der Waals surface area contributed by atoms with Gasteiger partial charge in [0.05, 0.1) is 16.5 Å². The van der Waals surface area contributed by atoms with Crippen LogP contribution in [0.15, 0.2) is 57.9 Å². The largest absolute Gasteiger partial charge is 0.347 e. The second-order valence-corrected chi connectivity index (χ2v) is 10.0. The van der Waals surface area contributed by atoms with Crippen LogP contribution in [0.4, 0.5) is 0 Å². The smallest absolute Gasteiger partial charge is 0.246 e. The number of aryl methyl sites for hydroxylation is 1. The normalized spacial score (nSPS) is 15.6. The predicted molar refractivity (Wildman–Crippen MR) is 119 cm³/mol. The van der Waals surface area contributed by atoms with Gasteiger partial charge in [-0.25, -0.2) is 8.42 Å². The molecule has 4 rings (SSSR count). The van der Waals surface area contributed by atoms with Crippen molar-refractivity contribution in [2.24, 2.45) is 5.92 Å². The molecule has 2 aromatic carbocycles. The summed E-state index contributed by atoms with van der Waals surface area (Å²) in [5.74, 6) is 0.197. The van der Waals surface area contributed by atoms with Crippen LogP contribution in [0.1, 0.15) is 24.3 Å². The number of piperidine rings is 1. The molecule has 0 spiro atoms. The molecule has 168 valence electrons. The third-order valence-electron chi connectivity index (χ3n) is 5.48. The Bertz CT molecular complexity index is 1200. The Kier molecular flexibility index (Phi) is 6.59. The third kappa shape index (κ3) is 4.85. The molecule has 1 amide bonds. The molecular formula is C22H23ClN4O4S. The second kappa shape index (κ2) is 9.40. The zero-order valence-corrected chi connectivity index (χ0v) is 19.1. The van der Waals surface area contributed by atoms with E-state index in [0.29, 0.717) is 42.3 Å². The zero-order valence-electron chi connectivity index (χ0n) is 17.5. The van der Waals surface area contributed by atoms with Gasteiger partial charge in [0.25, 0.3) is 0 Å². The molecule has 1 fully saturated rings. The highest BCUT2D eigenvalue weighted by molar-refractivity contribution is 7.89. The summed E-state index contributed by atoms with van der Waals surface area (Å²) in [5, 5.41) is 7.23. The van der Waals surface area contributed by atoms with Gasteiger partial charge in [-0.3, -0.25) is 4.79 Å². The van der Waals surface area contributed by atoms with Crippen LogP contribution in [-0.2, 0) is 21.4 Å². The van der Waals surface area contributed by atoms with E-state index in [1.165, 1.54) is 4.31 Å². The molecule has 2 heterocycles. The number of halogens is 1. The monoisotopic (exact) mass is 474 g/mol. The maximum atomic E-state index is 12.8. The number of aromatic nitrogens is 2. The van der Waals surface area contributed by atoms with E-state index in [1.54, 1.807) is 36.4 Å². The van der Waals surface area contributed by atoms with Gasteiger partial charge in [-0.1, -0.05) is 46.6 Å². The number of rotatable bonds is 6. The first-order chi connectivity index (χ1) is 15.3. The lowest BCUT2D eigenvalue weighted by Gasteiger charge is -2.30. The lowest BCUT2D eigenvalue weighted by molar-refractivity contribution is -0.126. The molecule has 1 saturated heterocycles. The Morgan fingerprint density at radius 1 is 1.16 bits per heavy atom. The molecule has 0 bridgehead atoms. The van der Waals surface area contributed by atoms with Crippen molar-refractivity contribution in [3.8, 4) is 11.4 Å². The van der Waals surface area contributed by atoms with E-state index in [9.17, 15) is 13.2 Å². The molecule has 1 aromatic heterocycles. The molecule has 10 heteroatoms. The van der Waals surface area contributed by atoms with Crippen molar-refractivity contribution >= 4 is 27.5 Å². The first-order valence-electron chi connectivity index (χ1n) is 10.3. The van der Waals surface area contributed by atoms with Crippen LogP contribution in [0.3, 0.4) is 0 Å². The van der Waals surface area contributed by atoms with Crippen molar-refractivity contribution in [3.05, 3.63) is 65.0 Å². The van der Waals surface area contributed by atoms with Gasteiger partial charge < -0.3 is 9.84 Å². The molecule has 1 aliphatic heterocycles. The van der Waals surface area contributed by atoms with Crippen molar-refractivity contribution in [2.75, 3.05) is 13.1 Å². The van der Waals surface area contributed by atoms with E-state index in [2.05, 4.69) is 15.5 Å². The number of benzene rings is 2. The van der Waals surface area contributed by atoms with Gasteiger partial charge in [0.2, 0.25) is 27.6 Å². The summed E-state index contributed by atoms with van der Waals surface area (Å²) in [6, 6.07) is 13.9. The molecule has 0 saturated carbocycles. The summed E-state index contributed by atoms with van der Waals surface area (Å²) in [7, 11) is -3.55. The van der Waals surface area contributed by atoms with Crippen molar-refractivity contribution in [1.82, 2.24) is 19.8 Å². The molecule has 1 aliphatic rings. The predicted octanol–water partition coefficient (Wildman–Crippen LogP) is 3.42. The highest BCUT2D eigenvalue weighted by atomic mass is 35.5. The number of amides is 1. The minimum absolute atomic E-state index is 0.0954. The van der Waals surface area contributed by atoms with E-state index in [4.69, 9.17) is 16.1 Å². The van der Waals surface area contributed by atoms with Gasteiger partial charge in [-0.2, -0.15) is 9.29 Å². The molecule has 0 aliphatic carbocycles. The van der Waals surface area contributed by atoms with Crippen LogP contribution in [0, 0.1) is 12.8 Å². The molecule has 0 radical (unpaired) electrons. The SMILES string of the molecule is Cc1ccc(S(=O)(=O)N2CCC(C(=O)NCc3nc(-c4ccccc4Cl)no3)CC2)cc1. The number of nitrogens with one attached hydrogen (secondary N) is 1. The zero-order chi connectivity index (χ0) is 22.7. The molecular weight excluding hydrogens is 452 g/mol. The van der Waals surface area contributed by atoms with Crippen LogP contribution in [0.5, 0.6) is 0 Å². The maximum Gasteiger partial charge on any atom is 0.246 e. The first kappa shape index (κ1) is 22.4. The number of nitrogens with zero attached hydrogens (tertiary/aromatic N) is 3. The average Bonchev–Trinajstić information content (AvgIpc) is 3.27. The Hall–Kier alpha value is -2.75. The van der Waals surface area contributed by atoms with E-state index in [0.717, 1.165) is 5.56 Å². The van der Waals surface area contributed by atoms with Crippen LogP contribution in [0.2, 0.25) is 5.02 Å². The number of hydrogen-bond acceptors (Lipinski definition) is 6. The number of hydrogen-bond donors (Lipinski definition) is 1. The highest BCUT2D eigenvalue weighted by Gasteiger charge is 2.32. The molecule has 1 N–H and O–H groups in total. The van der Waals surface area contributed by atoms with Gasteiger partial charge in [0.15, 0.2) is 0 Å². The summed E-state index contributed by atoms with van der Waals surface area (Å²) < 4.78 is 32.3. The Balaban J connectivity index is 1.31. The summed E-state index contributed by atoms with van der Waals surface area (Å²) in [4.78, 5) is 17.1. The molecule has 3 aromatic rings. The Morgan fingerprint density at radius 2 is 1.84 bits per heavy atom. The summed E-state index contributed by atoms with van der Waals surface area (Å²) >= 11 is 6.15. The average molecular weight is 475 g/mol. The fraction of sp³-hybridized carbons (Fsp3) is 0.318. The fourth-order valence-electron chi connectivity index (χ4n) is 3.60. The Labute approximate surface area is 191 Å². The second-order valence-electron chi connectivity index (χ2n) is 7.70. The van der Waals surface area contributed by atoms with Crippen LogP contribution in [-0.4, -0.2) is 41.9 Å². The topological polar surface area (TPSA) is 105 Å². The number of sulfonamides is 1. The minimum atomic E-state index is -3.55. The van der Waals surface area contributed by atoms with Crippen molar-refractivity contribution < 1.29 is 17.7 Å². The molecule has 32 heavy (non-hydrogen) atoms.